The van der Waals surface area contributed by atoms with E-state index in [9.17, 15) is 4.79 Å². The molecular weight excluding hydrogens is 150 g/mol. The summed E-state index contributed by atoms with van der Waals surface area (Å²) in [6.45, 7) is 6.39. The van der Waals surface area contributed by atoms with Crippen LogP contribution in [-0.4, -0.2) is 19.4 Å². The number of hydrogen-bond acceptors (Lipinski definition) is 2. The van der Waals surface area contributed by atoms with Crippen molar-refractivity contribution in [1.29, 1.82) is 0 Å². The van der Waals surface area contributed by atoms with Crippen molar-refractivity contribution < 1.29 is 4.79 Å². The number of carbonyl (C=O) groups is 1. The number of hydrogen-bond donors (Lipinski definition) is 1. The fourth-order valence-corrected chi connectivity index (χ4v) is 2.11. The highest BCUT2D eigenvalue weighted by Crippen LogP contribution is 2.33. The van der Waals surface area contributed by atoms with Crippen molar-refractivity contribution in [3.8, 4) is 0 Å². The van der Waals surface area contributed by atoms with Crippen LogP contribution in [0, 0.1) is 11.3 Å². The summed E-state index contributed by atoms with van der Waals surface area (Å²) >= 11 is 0. The summed E-state index contributed by atoms with van der Waals surface area (Å²) in [6.07, 6.45) is 4.29. The van der Waals surface area contributed by atoms with Crippen LogP contribution in [0.25, 0.3) is 0 Å². The van der Waals surface area contributed by atoms with Gasteiger partial charge in [0.1, 0.15) is 6.29 Å². The zero-order valence-corrected chi connectivity index (χ0v) is 8.10. The standard InChI is InChI=1S/C10H19NO/c1-9(2)7-10(8-12)3-5-11-6-4-10/h8-9,11H,3-7H2,1-2H3. The fraction of sp³-hybridized carbons (Fsp3) is 0.900. The fourth-order valence-electron chi connectivity index (χ4n) is 2.11. The van der Waals surface area contributed by atoms with Crippen LogP contribution in [0.15, 0.2) is 0 Å². The number of aldehydes is 1. The van der Waals surface area contributed by atoms with Gasteiger partial charge in [0.2, 0.25) is 0 Å². The summed E-state index contributed by atoms with van der Waals surface area (Å²) in [5.41, 5.74) is -0.000579. The van der Waals surface area contributed by atoms with Crippen molar-refractivity contribution >= 4 is 6.29 Å². The van der Waals surface area contributed by atoms with Gasteiger partial charge in [-0.15, -0.1) is 0 Å². The van der Waals surface area contributed by atoms with Gasteiger partial charge in [0.25, 0.3) is 0 Å². The van der Waals surface area contributed by atoms with Crippen LogP contribution in [0.1, 0.15) is 33.1 Å². The number of carbonyl (C=O) groups excluding carboxylic acids is 1. The van der Waals surface area contributed by atoms with Crippen LogP contribution >= 0.6 is 0 Å². The predicted molar refractivity (Wildman–Crippen MR) is 50.1 cm³/mol. The van der Waals surface area contributed by atoms with Crippen LogP contribution in [0.3, 0.4) is 0 Å². The minimum Gasteiger partial charge on any atom is -0.317 e. The highest BCUT2D eigenvalue weighted by Gasteiger charge is 2.31. The molecule has 70 valence electrons. The minimum absolute atomic E-state index is 0.000579. The molecule has 2 heteroatoms. The maximum atomic E-state index is 11.0. The minimum atomic E-state index is -0.000579. The van der Waals surface area contributed by atoms with Crippen molar-refractivity contribution in [1.82, 2.24) is 5.32 Å². The quantitative estimate of drug-likeness (QED) is 0.650. The second-order valence-corrected chi connectivity index (χ2v) is 4.33. The van der Waals surface area contributed by atoms with Crippen molar-refractivity contribution in [2.75, 3.05) is 13.1 Å². The number of piperidine rings is 1. The average Bonchev–Trinajstić information content (AvgIpc) is 2.05. The van der Waals surface area contributed by atoms with Gasteiger partial charge in [0, 0.05) is 5.41 Å². The Morgan fingerprint density at radius 3 is 2.42 bits per heavy atom. The molecule has 0 spiro atoms. The zero-order valence-electron chi connectivity index (χ0n) is 8.10. The molecule has 2 nitrogen and oxygen atoms in total. The Morgan fingerprint density at radius 1 is 1.42 bits per heavy atom. The molecule has 1 rings (SSSR count). The van der Waals surface area contributed by atoms with Crippen LogP contribution in [-0.2, 0) is 4.79 Å². The lowest BCUT2D eigenvalue weighted by Crippen LogP contribution is -2.38. The molecule has 0 radical (unpaired) electrons. The van der Waals surface area contributed by atoms with E-state index in [4.69, 9.17) is 0 Å². The molecule has 1 saturated heterocycles. The maximum absolute atomic E-state index is 11.0. The summed E-state index contributed by atoms with van der Waals surface area (Å²) in [5, 5.41) is 3.29. The molecule has 0 aromatic rings. The Labute approximate surface area is 74.7 Å². The molecular formula is C10H19NO. The van der Waals surface area contributed by atoms with E-state index >= 15 is 0 Å². The lowest BCUT2D eigenvalue weighted by molar-refractivity contribution is -0.118. The second-order valence-electron chi connectivity index (χ2n) is 4.33. The van der Waals surface area contributed by atoms with Crippen LogP contribution in [0.4, 0.5) is 0 Å². The molecule has 0 amide bonds. The SMILES string of the molecule is CC(C)CC1(C=O)CCNCC1. The van der Waals surface area contributed by atoms with Crippen molar-refractivity contribution in [3.05, 3.63) is 0 Å². The van der Waals surface area contributed by atoms with Gasteiger partial charge in [-0.25, -0.2) is 0 Å². The van der Waals surface area contributed by atoms with Crippen LogP contribution in [0.2, 0.25) is 0 Å². The van der Waals surface area contributed by atoms with E-state index in [0.717, 1.165) is 32.4 Å². The molecule has 1 aliphatic heterocycles. The molecule has 0 bridgehead atoms. The summed E-state index contributed by atoms with van der Waals surface area (Å²) in [6, 6.07) is 0. The largest absolute Gasteiger partial charge is 0.317 e. The molecule has 0 atom stereocenters. The van der Waals surface area contributed by atoms with E-state index in [0.29, 0.717) is 5.92 Å². The van der Waals surface area contributed by atoms with E-state index < -0.39 is 0 Å². The van der Waals surface area contributed by atoms with Crippen molar-refractivity contribution in [2.45, 2.75) is 33.1 Å². The molecule has 0 saturated carbocycles. The van der Waals surface area contributed by atoms with E-state index in [1.54, 1.807) is 0 Å². The van der Waals surface area contributed by atoms with Gasteiger partial charge in [-0.1, -0.05) is 13.8 Å². The summed E-state index contributed by atoms with van der Waals surface area (Å²) in [5.74, 6) is 0.633. The highest BCUT2D eigenvalue weighted by molar-refractivity contribution is 5.59. The Bertz CT molecular complexity index is 148. The lowest BCUT2D eigenvalue weighted by Gasteiger charge is -2.33. The van der Waals surface area contributed by atoms with Gasteiger partial charge >= 0.3 is 0 Å². The maximum Gasteiger partial charge on any atom is 0.126 e. The second kappa shape index (κ2) is 4.04. The third-order valence-electron chi connectivity index (χ3n) is 2.66. The highest BCUT2D eigenvalue weighted by atomic mass is 16.1. The molecule has 1 fully saturated rings. The predicted octanol–water partition coefficient (Wildman–Crippen LogP) is 1.60. The Kier molecular flexibility index (Phi) is 3.27. The van der Waals surface area contributed by atoms with Crippen molar-refractivity contribution in [3.63, 3.8) is 0 Å². The molecule has 1 heterocycles. The molecule has 0 unspecified atom stereocenters. The van der Waals surface area contributed by atoms with Gasteiger partial charge in [0.15, 0.2) is 0 Å². The molecule has 0 aromatic carbocycles. The monoisotopic (exact) mass is 169 g/mol. The average molecular weight is 169 g/mol. The van der Waals surface area contributed by atoms with E-state index in [2.05, 4.69) is 19.2 Å². The normalized spacial score (nSPS) is 22.6. The smallest absolute Gasteiger partial charge is 0.126 e. The number of nitrogens with one attached hydrogen (secondary N) is 1. The Morgan fingerprint density at radius 2 is 2.00 bits per heavy atom. The molecule has 0 aromatic heterocycles. The Hall–Kier alpha value is -0.370. The molecule has 0 aliphatic carbocycles. The van der Waals surface area contributed by atoms with Crippen LogP contribution < -0.4 is 5.32 Å². The third-order valence-corrected chi connectivity index (χ3v) is 2.66. The van der Waals surface area contributed by atoms with Gasteiger partial charge in [0.05, 0.1) is 0 Å². The summed E-state index contributed by atoms with van der Waals surface area (Å²) < 4.78 is 0. The van der Waals surface area contributed by atoms with Crippen molar-refractivity contribution in [2.24, 2.45) is 11.3 Å². The first-order valence-electron chi connectivity index (χ1n) is 4.86. The van der Waals surface area contributed by atoms with Gasteiger partial charge < -0.3 is 10.1 Å². The topological polar surface area (TPSA) is 29.1 Å². The third kappa shape index (κ3) is 2.31. The first-order chi connectivity index (χ1) is 5.68. The summed E-state index contributed by atoms with van der Waals surface area (Å²) in [7, 11) is 0. The molecule has 12 heavy (non-hydrogen) atoms. The summed E-state index contributed by atoms with van der Waals surface area (Å²) in [4.78, 5) is 11.0. The first-order valence-corrected chi connectivity index (χ1v) is 4.86. The van der Waals surface area contributed by atoms with E-state index in [-0.39, 0.29) is 5.41 Å². The van der Waals surface area contributed by atoms with Crippen LogP contribution in [0.5, 0.6) is 0 Å². The molecule has 1 aliphatic rings. The zero-order chi connectivity index (χ0) is 9.03. The lowest BCUT2D eigenvalue weighted by atomic mass is 9.74. The van der Waals surface area contributed by atoms with E-state index in [1.165, 1.54) is 6.29 Å². The number of rotatable bonds is 3. The Balaban J connectivity index is 2.53. The van der Waals surface area contributed by atoms with E-state index in [1.807, 2.05) is 0 Å². The van der Waals surface area contributed by atoms with Gasteiger partial charge in [-0.2, -0.15) is 0 Å². The molecule has 1 N–H and O–H groups in total. The van der Waals surface area contributed by atoms with Gasteiger partial charge in [-0.3, -0.25) is 0 Å². The van der Waals surface area contributed by atoms with Gasteiger partial charge in [-0.05, 0) is 38.3 Å². The first kappa shape index (κ1) is 9.72.